The Morgan fingerprint density at radius 1 is 0.917 bits per heavy atom. The first-order chi connectivity index (χ1) is 11.6. The lowest BCUT2D eigenvalue weighted by atomic mass is 9.47. The zero-order valence-corrected chi connectivity index (χ0v) is 16.3. The van der Waals surface area contributed by atoms with Gasteiger partial charge in [0.15, 0.2) is 0 Å². The molecule has 0 aliphatic heterocycles. The molecule has 7 atom stereocenters. The van der Waals surface area contributed by atoms with Crippen molar-refractivity contribution in [3.05, 3.63) is 11.6 Å². The van der Waals surface area contributed by atoms with Gasteiger partial charge in [0.05, 0.1) is 0 Å². The quantitative estimate of drug-likeness (QED) is 0.479. The van der Waals surface area contributed by atoms with Gasteiger partial charge in [-0.05, 0) is 111 Å². The van der Waals surface area contributed by atoms with Crippen molar-refractivity contribution in [3.63, 3.8) is 0 Å². The summed E-state index contributed by atoms with van der Waals surface area (Å²) in [6.07, 6.45) is 19.4. The Bertz CT molecular complexity index is 540. The predicted molar refractivity (Wildman–Crippen MR) is 102 cm³/mol. The molecule has 4 fully saturated rings. The van der Waals surface area contributed by atoms with Gasteiger partial charge in [-0.1, -0.05) is 38.8 Å². The maximum Gasteiger partial charge on any atom is -0.00851 e. The molecule has 0 aromatic heterocycles. The van der Waals surface area contributed by atoms with Crippen molar-refractivity contribution in [3.8, 4) is 0 Å². The van der Waals surface area contributed by atoms with Gasteiger partial charge >= 0.3 is 0 Å². The van der Waals surface area contributed by atoms with Crippen molar-refractivity contribution in [1.29, 1.82) is 0 Å². The number of hydrogen-bond donors (Lipinski definition) is 0. The number of rotatable bonds is 2. The molecule has 0 bridgehead atoms. The summed E-state index contributed by atoms with van der Waals surface area (Å²) in [5.41, 5.74) is 3.18. The van der Waals surface area contributed by atoms with Crippen LogP contribution < -0.4 is 0 Å². The Balaban J connectivity index is 1.43. The van der Waals surface area contributed by atoms with Crippen LogP contribution in [0.25, 0.3) is 0 Å². The molecule has 0 heterocycles. The maximum atomic E-state index is 2.78. The Labute approximate surface area is 149 Å². The monoisotopic (exact) mass is 326 g/mol. The molecule has 0 aromatic rings. The fraction of sp³-hybridized carbons (Fsp3) is 0.917. The molecule has 0 N–H and O–H groups in total. The fourth-order valence-corrected chi connectivity index (χ4v) is 8.44. The van der Waals surface area contributed by atoms with E-state index in [0.29, 0.717) is 10.8 Å². The third-order valence-electron chi connectivity index (χ3n) is 10.1. The SMILES string of the molecule is CC[C@H]1CCC2C3CC=C4C[C@@H](C5CC5)CCC4(C)C3CC[C@@]21C. The lowest BCUT2D eigenvalue weighted by Crippen LogP contribution is -2.50. The van der Waals surface area contributed by atoms with Crippen LogP contribution in [0.2, 0.25) is 0 Å². The third kappa shape index (κ3) is 2.10. The van der Waals surface area contributed by atoms with E-state index in [1.807, 2.05) is 5.57 Å². The molecule has 0 nitrogen and oxygen atoms in total. The number of hydrogen-bond acceptors (Lipinski definition) is 0. The molecule has 5 aliphatic carbocycles. The summed E-state index contributed by atoms with van der Waals surface area (Å²) in [6.45, 7) is 7.82. The molecule has 0 saturated heterocycles. The van der Waals surface area contributed by atoms with E-state index < -0.39 is 0 Å². The highest BCUT2D eigenvalue weighted by atomic mass is 14.6. The van der Waals surface area contributed by atoms with Crippen molar-refractivity contribution in [1.82, 2.24) is 0 Å². The summed E-state index contributed by atoms with van der Waals surface area (Å²) in [7, 11) is 0. The first-order valence-corrected chi connectivity index (χ1v) is 11.3. The lowest BCUT2D eigenvalue weighted by molar-refractivity contribution is -0.0452. The Kier molecular flexibility index (Phi) is 3.57. The van der Waals surface area contributed by atoms with Crippen LogP contribution in [0.5, 0.6) is 0 Å². The summed E-state index contributed by atoms with van der Waals surface area (Å²) in [5, 5.41) is 0. The highest BCUT2D eigenvalue weighted by Gasteiger charge is 2.58. The predicted octanol–water partition coefficient (Wildman–Crippen LogP) is 7.00. The Hall–Kier alpha value is -0.260. The molecule has 0 aromatic carbocycles. The first kappa shape index (κ1) is 16.0. The van der Waals surface area contributed by atoms with E-state index >= 15 is 0 Å². The van der Waals surface area contributed by atoms with Crippen LogP contribution in [0.4, 0.5) is 0 Å². The smallest absolute Gasteiger partial charge is 0.00851 e. The van der Waals surface area contributed by atoms with Crippen molar-refractivity contribution in [2.75, 3.05) is 0 Å². The average Bonchev–Trinajstić information content (AvgIpc) is 3.36. The topological polar surface area (TPSA) is 0 Å². The van der Waals surface area contributed by atoms with Gasteiger partial charge in [-0.15, -0.1) is 0 Å². The molecule has 0 amide bonds. The summed E-state index contributed by atoms with van der Waals surface area (Å²) >= 11 is 0. The van der Waals surface area contributed by atoms with Gasteiger partial charge in [-0.3, -0.25) is 0 Å². The van der Waals surface area contributed by atoms with Crippen molar-refractivity contribution in [2.45, 2.75) is 91.4 Å². The van der Waals surface area contributed by atoms with Crippen molar-refractivity contribution in [2.24, 2.45) is 46.3 Å². The molecule has 24 heavy (non-hydrogen) atoms. The number of fused-ring (bicyclic) bond motifs is 5. The zero-order valence-electron chi connectivity index (χ0n) is 16.3. The van der Waals surface area contributed by atoms with Gasteiger partial charge in [0.2, 0.25) is 0 Å². The van der Waals surface area contributed by atoms with Crippen LogP contribution in [-0.2, 0) is 0 Å². The van der Waals surface area contributed by atoms with E-state index in [9.17, 15) is 0 Å². The van der Waals surface area contributed by atoms with Crippen molar-refractivity contribution < 1.29 is 0 Å². The van der Waals surface area contributed by atoms with Crippen LogP contribution in [-0.4, -0.2) is 0 Å². The van der Waals surface area contributed by atoms with E-state index in [-0.39, 0.29) is 0 Å². The first-order valence-electron chi connectivity index (χ1n) is 11.3. The second kappa shape index (κ2) is 5.37. The van der Waals surface area contributed by atoms with E-state index in [2.05, 4.69) is 26.8 Å². The second-order valence-corrected chi connectivity index (χ2v) is 10.8. The molecule has 0 heteroatoms. The summed E-state index contributed by atoms with van der Waals surface area (Å²) in [4.78, 5) is 0. The minimum absolute atomic E-state index is 0.583. The van der Waals surface area contributed by atoms with E-state index in [1.165, 1.54) is 44.9 Å². The number of allylic oxidation sites excluding steroid dienone is 2. The van der Waals surface area contributed by atoms with E-state index in [1.54, 1.807) is 25.7 Å². The molecule has 0 radical (unpaired) electrons. The van der Waals surface area contributed by atoms with E-state index in [4.69, 9.17) is 0 Å². The molecule has 4 saturated carbocycles. The Morgan fingerprint density at radius 3 is 2.50 bits per heavy atom. The van der Waals surface area contributed by atoms with Gasteiger partial charge in [-0.2, -0.15) is 0 Å². The highest BCUT2D eigenvalue weighted by Crippen LogP contribution is 2.67. The van der Waals surface area contributed by atoms with Crippen LogP contribution in [0, 0.1) is 46.3 Å². The standard InChI is InChI=1S/C24H38/c1-4-18-8-10-21-20-9-7-19-15-17(16-5-6-16)11-13-24(19,3)22(20)12-14-23(18,21)2/h7,16-18,20-22H,4-6,8-15H2,1-3H3/t17-,18-,20?,21?,22?,23+,24?/m0/s1. The molecule has 4 unspecified atom stereocenters. The molecule has 134 valence electrons. The minimum atomic E-state index is 0.583. The normalized spacial score (nSPS) is 53.8. The molecule has 5 aliphatic rings. The molecular formula is C24H38. The van der Waals surface area contributed by atoms with E-state index in [0.717, 1.165) is 35.5 Å². The van der Waals surface area contributed by atoms with Crippen LogP contribution >= 0.6 is 0 Å². The molecule has 0 spiro atoms. The summed E-state index contributed by atoms with van der Waals surface area (Å²) < 4.78 is 0. The molecule has 5 rings (SSSR count). The van der Waals surface area contributed by atoms with Gasteiger partial charge < -0.3 is 0 Å². The highest BCUT2D eigenvalue weighted by molar-refractivity contribution is 5.25. The van der Waals surface area contributed by atoms with Gasteiger partial charge in [0, 0.05) is 0 Å². The van der Waals surface area contributed by atoms with Crippen LogP contribution in [0.15, 0.2) is 11.6 Å². The van der Waals surface area contributed by atoms with Crippen LogP contribution in [0.3, 0.4) is 0 Å². The minimum Gasteiger partial charge on any atom is -0.0845 e. The molecular weight excluding hydrogens is 288 g/mol. The van der Waals surface area contributed by atoms with Crippen LogP contribution in [0.1, 0.15) is 91.4 Å². The lowest BCUT2D eigenvalue weighted by Gasteiger charge is -2.58. The van der Waals surface area contributed by atoms with Gasteiger partial charge in [0.25, 0.3) is 0 Å². The fourth-order valence-electron chi connectivity index (χ4n) is 8.44. The third-order valence-corrected chi connectivity index (χ3v) is 10.1. The summed E-state index contributed by atoms with van der Waals surface area (Å²) in [5.74, 6) is 6.27. The van der Waals surface area contributed by atoms with Crippen molar-refractivity contribution >= 4 is 0 Å². The zero-order chi connectivity index (χ0) is 16.5. The van der Waals surface area contributed by atoms with Gasteiger partial charge in [-0.25, -0.2) is 0 Å². The maximum absolute atomic E-state index is 2.78. The Morgan fingerprint density at radius 2 is 1.75 bits per heavy atom. The van der Waals surface area contributed by atoms with Gasteiger partial charge in [0.1, 0.15) is 0 Å². The average molecular weight is 327 g/mol. The summed E-state index contributed by atoms with van der Waals surface area (Å²) in [6, 6.07) is 0. The second-order valence-electron chi connectivity index (χ2n) is 10.8. The largest absolute Gasteiger partial charge is 0.0845 e.